The highest BCUT2D eigenvalue weighted by Gasteiger charge is 2.28. The van der Waals surface area contributed by atoms with Gasteiger partial charge in [-0.3, -0.25) is 14.5 Å². The van der Waals surface area contributed by atoms with Crippen molar-refractivity contribution in [2.24, 2.45) is 0 Å². The molecular weight excluding hydrogens is 362 g/mol. The number of nitrogens with zero attached hydrogens (tertiary/aromatic N) is 2. The number of rotatable bonds is 7. The minimum Gasteiger partial charge on any atom is -0.354 e. The molecule has 1 aliphatic heterocycles. The Morgan fingerprint density at radius 3 is 2.10 bits per heavy atom. The Morgan fingerprint density at radius 1 is 0.931 bits per heavy atom. The normalized spacial score (nSPS) is 16.8. The summed E-state index contributed by atoms with van der Waals surface area (Å²) >= 11 is 0. The van der Waals surface area contributed by atoms with E-state index >= 15 is 0 Å². The van der Waals surface area contributed by atoms with Gasteiger partial charge in [-0.25, -0.2) is 0 Å². The van der Waals surface area contributed by atoms with Gasteiger partial charge < -0.3 is 10.2 Å². The van der Waals surface area contributed by atoms with E-state index in [2.05, 4.69) is 29.3 Å². The number of carbonyl (C=O) groups excluding carboxylic acids is 2. The van der Waals surface area contributed by atoms with Gasteiger partial charge in [0, 0.05) is 44.2 Å². The van der Waals surface area contributed by atoms with Crippen LogP contribution in [0.15, 0.2) is 60.7 Å². The van der Waals surface area contributed by atoms with Crippen molar-refractivity contribution >= 4 is 11.8 Å². The number of nitrogens with one attached hydrogen (secondary N) is 1. The number of benzene rings is 2. The second-order valence-electron chi connectivity index (χ2n) is 7.63. The van der Waals surface area contributed by atoms with Crippen LogP contribution in [0.5, 0.6) is 0 Å². The molecule has 0 spiro atoms. The molecule has 5 nitrogen and oxygen atoms in total. The smallest absolute Gasteiger partial charge is 0.253 e. The van der Waals surface area contributed by atoms with Gasteiger partial charge in [0.05, 0.1) is 6.04 Å². The Bertz CT molecular complexity index is 786. The second-order valence-corrected chi connectivity index (χ2v) is 7.63. The van der Waals surface area contributed by atoms with E-state index in [0.29, 0.717) is 38.6 Å². The molecule has 1 aliphatic rings. The zero-order valence-corrected chi connectivity index (χ0v) is 17.4. The molecule has 2 aromatic rings. The van der Waals surface area contributed by atoms with Gasteiger partial charge >= 0.3 is 0 Å². The Morgan fingerprint density at radius 2 is 1.52 bits per heavy atom. The van der Waals surface area contributed by atoms with E-state index in [-0.39, 0.29) is 17.9 Å². The molecule has 2 amide bonds. The molecule has 5 heteroatoms. The van der Waals surface area contributed by atoms with E-state index in [1.807, 2.05) is 60.4 Å². The summed E-state index contributed by atoms with van der Waals surface area (Å²) in [6, 6.07) is 19.5. The fourth-order valence-electron chi connectivity index (χ4n) is 3.84. The number of piperazine rings is 1. The quantitative estimate of drug-likeness (QED) is 0.786. The molecule has 0 bridgehead atoms. The summed E-state index contributed by atoms with van der Waals surface area (Å²) in [5.74, 6) is 0.450. The van der Waals surface area contributed by atoms with Crippen molar-refractivity contribution in [3.8, 4) is 0 Å². The standard InChI is InChI=1S/C24H31N3O2/c1-3-20(21-10-6-4-7-11-21)18-25-23(28)19(2)26-14-16-27(17-15-26)24(29)22-12-8-5-9-13-22/h4-13,19-20H,3,14-18H2,1-2H3,(H,25,28)/t19-,20-/m1/s1. The lowest BCUT2D eigenvalue weighted by molar-refractivity contribution is -0.126. The zero-order chi connectivity index (χ0) is 20.6. The maximum Gasteiger partial charge on any atom is 0.253 e. The summed E-state index contributed by atoms with van der Waals surface area (Å²) < 4.78 is 0. The van der Waals surface area contributed by atoms with Crippen LogP contribution in [-0.2, 0) is 4.79 Å². The summed E-state index contributed by atoms with van der Waals surface area (Å²) in [7, 11) is 0. The van der Waals surface area contributed by atoms with Gasteiger partial charge in [-0.2, -0.15) is 0 Å². The van der Waals surface area contributed by atoms with Crippen molar-refractivity contribution in [2.45, 2.75) is 32.2 Å². The van der Waals surface area contributed by atoms with E-state index in [1.165, 1.54) is 5.56 Å². The number of carbonyl (C=O) groups is 2. The maximum absolute atomic E-state index is 12.7. The van der Waals surface area contributed by atoms with Crippen LogP contribution in [-0.4, -0.2) is 60.4 Å². The summed E-state index contributed by atoms with van der Waals surface area (Å²) in [6.45, 7) is 7.46. The Hall–Kier alpha value is -2.66. The van der Waals surface area contributed by atoms with Gasteiger partial charge in [0.25, 0.3) is 5.91 Å². The molecule has 0 saturated carbocycles. The molecule has 0 radical (unpaired) electrons. The van der Waals surface area contributed by atoms with Gasteiger partial charge in [0.15, 0.2) is 0 Å². The fourth-order valence-corrected chi connectivity index (χ4v) is 3.84. The first kappa shape index (κ1) is 21.1. The van der Waals surface area contributed by atoms with Gasteiger partial charge in [-0.1, -0.05) is 55.5 Å². The van der Waals surface area contributed by atoms with Crippen LogP contribution in [0.1, 0.15) is 42.1 Å². The van der Waals surface area contributed by atoms with Crippen molar-refractivity contribution in [3.05, 3.63) is 71.8 Å². The highest BCUT2D eigenvalue weighted by molar-refractivity contribution is 5.94. The molecule has 0 aliphatic carbocycles. The Kier molecular flexibility index (Phi) is 7.42. The van der Waals surface area contributed by atoms with Crippen molar-refractivity contribution < 1.29 is 9.59 Å². The summed E-state index contributed by atoms with van der Waals surface area (Å²) in [5, 5.41) is 3.13. The van der Waals surface area contributed by atoms with Crippen LogP contribution in [0.4, 0.5) is 0 Å². The largest absolute Gasteiger partial charge is 0.354 e. The number of hydrogen-bond donors (Lipinski definition) is 1. The molecule has 2 aromatic carbocycles. The monoisotopic (exact) mass is 393 g/mol. The van der Waals surface area contributed by atoms with Gasteiger partial charge in [-0.05, 0) is 31.0 Å². The number of amides is 2. The van der Waals surface area contributed by atoms with Crippen LogP contribution in [0, 0.1) is 0 Å². The van der Waals surface area contributed by atoms with Crippen molar-refractivity contribution in [3.63, 3.8) is 0 Å². The van der Waals surface area contributed by atoms with Gasteiger partial charge in [-0.15, -0.1) is 0 Å². The third-order valence-corrected chi connectivity index (χ3v) is 5.84. The van der Waals surface area contributed by atoms with Crippen LogP contribution >= 0.6 is 0 Å². The van der Waals surface area contributed by atoms with Gasteiger partial charge in [0.1, 0.15) is 0 Å². The topological polar surface area (TPSA) is 52.7 Å². The molecule has 1 heterocycles. The molecule has 0 aromatic heterocycles. The van der Waals surface area contributed by atoms with E-state index in [0.717, 1.165) is 12.0 Å². The van der Waals surface area contributed by atoms with Crippen LogP contribution in [0.2, 0.25) is 0 Å². The molecule has 29 heavy (non-hydrogen) atoms. The molecule has 2 atom stereocenters. The molecule has 3 rings (SSSR count). The first-order valence-corrected chi connectivity index (χ1v) is 10.5. The minimum absolute atomic E-state index is 0.0576. The highest BCUT2D eigenvalue weighted by atomic mass is 16.2. The maximum atomic E-state index is 12.7. The second kappa shape index (κ2) is 10.2. The summed E-state index contributed by atoms with van der Waals surface area (Å²) in [5.41, 5.74) is 1.98. The lowest BCUT2D eigenvalue weighted by Gasteiger charge is -2.37. The lowest BCUT2D eigenvalue weighted by atomic mass is 9.96. The van der Waals surface area contributed by atoms with Crippen LogP contribution < -0.4 is 5.32 Å². The molecule has 1 fully saturated rings. The average molecular weight is 394 g/mol. The fraction of sp³-hybridized carbons (Fsp3) is 0.417. The van der Waals surface area contributed by atoms with E-state index in [4.69, 9.17) is 0 Å². The Labute approximate surface area is 173 Å². The van der Waals surface area contributed by atoms with Crippen molar-refractivity contribution in [1.29, 1.82) is 0 Å². The molecular formula is C24H31N3O2. The molecule has 154 valence electrons. The van der Waals surface area contributed by atoms with Gasteiger partial charge in [0.2, 0.25) is 5.91 Å². The molecule has 1 saturated heterocycles. The van der Waals surface area contributed by atoms with Crippen LogP contribution in [0.25, 0.3) is 0 Å². The highest BCUT2D eigenvalue weighted by Crippen LogP contribution is 2.18. The summed E-state index contributed by atoms with van der Waals surface area (Å²) in [6.07, 6.45) is 0.985. The van der Waals surface area contributed by atoms with E-state index in [9.17, 15) is 9.59 Å². The predicted octanol–water partition coefficient (Wildman–Crippen LogP) is 3.14. The third kappa shape index (κ3) is 5.45. The predicted molar refractivity (Wildman–Crippen MR) is 116 cm³/mol. The third-order valence-electron chi connectivity index (χ3n) is 5.84. The average Bonchev–Trinajstić information content (AvgIpc) is 2.79. The first-order chi connectivity index (χ1) is 14.1. The SMILES string of the molecule is CC[C@H](CNC(=O)[C@@H](C)N1CCN(C(=O)c2ccccc2)CC1)c1ccccc1. The van der Waals surface area contributed by atoms with Crippen molar-refractivity contribution in [2.75, 3.05) is 32.7 Å². The first-order valence-electron chi connectivity index (χ1n) is 10.5. The molecule has 1 N–H and O–H groups in total. The van der Waals surface area contributed by atoms with E-state index in [1.54, 1.807) is 0 Å². The van der Waals surface area contributed by atoms with Crippen LogP contribution in [0.3, 0.4) is 0 Å². The Balaban J connectivity index is 1.48. The van der Waals surface area contributed by atoms with Crippen molar-refractivity contribution in [1.82, 2.24) is 15.1 Å². The minimum atomic E-state index is -0.197. The molecule has 0 unspecified atom stereocenters. The van der Waals surface area contributed by atoms with E-state index < -0.39 is 0 Å². The lowest BCUT2D eigenvalue weighted by Crippen LogP contribution is -2.55. The summed E-state index contributed by atoms with van der Waals surface area (Å²) in [4.78, 5) is 29.3. The zero-order valence-electron chi connectivity index (χ0n) is 17.4. The number of hydrogen-bond acceptors (Lipinski definition) is 3.